The summed E-state index contributed by atoms with van der Waals surface area (Å²) >= 11 is 0. The van der Waals surface area contributed by atoms with Gasteiger partial charge in [0.1, 0.15) is 5.60 Å². The molecule has 3 nitrogen and oxygen atoms in total. The molecule has 3 heteroatoms. The first kappa shape index (κ1) is 15.4. The molecule has 1 saturated carbocycles. The van der Waals surface area contributed by atoms with E-state index in [4.69, 9.17) is 11.2 Å². The van der Waals surface area contributed by atoms with Crippen LogP contribution >= 0.6 is 0 Å². The molecule has 0 spiro atoms. The van der Waals surface area contributed by atoms with Crippen LogP contribution in [0.15, 0.2) is 0 Å². The highest BCUT2D eigenvalue weighted by Crippen LogP contribution is 2.33. The molecule has 0 radical (unpaired) electrons. The molecule has 1 saturated heterocycles. The molecule has 0 aromatic carbocycles. The number of carbonyl (C=O) groups excluding carboxylic acids is 1. The normalized spacial score (nSPS) is 28.5. The smallest absolute Gasteiger partial charge is 0.312 e. The zero-order valence-electron chi connectivity index (χ0n) is 13.0. The number of esters is 1. The van der Waals surface area contributed by atoms with Gasteiger partial charge in [0.15, 0.2) is 0 Å². The molecule has 20 heavy (non-hydrogen) atoms. The molecule has 2 rings (SSSR count). The van der Waals surface area contributed by atoms with Crippen molar-refractivity contribution in [2.45, 2.75) is 64.5 Å². The maximum absolute atomic E-state index is 11.9. The summed E-state index contributed by atoms with van der Waals surface area (Å²) in [5.74, 6) is 3.55. The molecule has 112 valence electrons. The van der Waals surface area contributed by atoms with Gasteiger partial charge in [-0.3, -0.25) is 9.69 Å². The molecule has 0 atom stereocenters. The van der Waals surface area contributed by atoms with Gasteiger partial charge in [-0.25, -0.2) is 0 Å². The lowest BCUT2D eigenvalue weighted by Gasteiger charge is -2.46. The third-order valence-electron chi connectivity index (χ3n) is 4.39. The second kappa shape index (κ2) is 6.18. The van der Waals surface area contributed by atoms with Crippen LogP contribution in [0.25, 0.3) is 0 Å². The summed E-state index contributed by atoms with van der Waals surface area (Å²) in [5, 5.41) is 0. The fourth-order valence-corrected chi connectivity index (χ4v) is 3.23. The average Bonchev–Trinajstić information content (AvgIpc) is 2.27. The lowest BCUT2D eigenvalue weighted by Crippen LogP contribution is -2.56. The van der Waals surface area contributed by atoms with Crippen molar-refractivity contribution in [3.63, 3.8) is 0 Å². The molecule has 0 unspecified atom stereocenters. The molecular formula is C17H27NO2. The van der Waals surface area contributed by atoms with Crippen molar-refractivity contribution in [2.75, 3.05) is 13.1 Å². The molecule has 0 bridgehead atoms. The highest BCUT2D eigenvalue weighted by atomic mass is 16.6. The highest BCUT2D eigenvalue weighted by molar-refractivity contribution is 5.74. The van der Waals surface area contributed by atoms with E-state index in [2.05, 4.69) is 10.8 Å². The highest BCUT2D eigenvalue weighted by Gasteiger charge is 2.39. The van der Waals surface area contributed by atoms with Crippen molar-refractivity contribution in [3.05, 3.63) is 0 Å². The Kier molecular flexibility index (Phi) is 4.75. The maximum Gasteiger partial charge on any atom is 0.312 e. The molecule has 0 aromatic rings. The minimum atomic E-state index is -0.370. The number of ether oxygens (including phenoxy) is 1. The Morgan fingerprint density at radius 2 is 1.85 bits per heavy atom. The molecule has 2 aliphatic rings. The molecule has 0 N–H and O–H groups in total. The molecule has 0 aromatic heterocycles. The van der Waals surface area contributed by atoms with Crippen molar-refractivity contribution in [3.8, 4) is 12.3 Å². The summed E-state index contributed by atoms with van der Waals surface area (Å²) in [6.07, 6.45) is 11.2. The summed E-state index contributed by atoms with van der Waals surface area (Å²) in [5.41, 5.74) is -0.370. The molecule has 1 aliphatic heterocycles. The van der Waals surface area contributed by atoms with Gasteiger partial charge in [-0.05, 0) is 52.4 Å². The van der Waals surface area contributed by atoms with E-state index in [9.17, 15) is 4.79 Å². The van der Waals surface area contributed by atoms with E-state index in [0.717, 1.165) is 25.4 Å². The predicted molar refractivity (Wildman–Crippen MR) is 80.1 cm³/mol. The van der Waals surface area contributed by atoms with Crippen molar-refractivity contribution in [1.82, 2.24) is 4.90 Å². The first-order chi connectivity index (χ1) is 9.39. The van der Waals surface area contributed by atoms with Crippen LogP contribution in [0.2, 0.25) is 0 Å². The zero-order chi connectivity index (χ0) is 14.8. The lowest BCUT2D eigenvalue weighted by molar-refractivity contribution is -0.167. The maximum atomic E-state index is 11.9. The van der Waals surface area contributed by atoms with Crippen LogP contribution in [0.3, 0.4) is 0 Å². The van der Waals surface area contributed by atoms with Crippen molar-refractivity contribution >= 4 is 5.97 Å². The zero-order valence-corrected chi connectivity index (χ0v) is 13.0. The summed E-state index contributed by atoms with van der Waals surface area (Å²) < 4.78 is 5.44. The monoisotopic (exact) mass is 277 g/mol. The Morgan fingerprint density at radius 3 is 2.35 bits per heavy atom. The summed E-state index contributed by atoms with van der Waals surface area (Å²) in [7, 11) is 0. The van der Waals surface area contributed by atoms with E-state index in [-0.39, 0.29) is 17.5 Å². The first-order valence-electron chi connectivity index (χ1n) is 7.79. The molecule has 1 heterocycles. The molecular weight excluding hydrogens is 250 g/mol. The van der Waals surface area contributed by atoms with Gasteiger partial charge in [-0.2, -0.15) is 0 Å². The van der Waals surface area contributed by atoms with Gasteiger partial charge in [0.05, 0.1) is 5.92 Å². The predicted octanol–water partition coefficient (Wildman–Crippen LogP) is 2.84. The van der Waals surface area contributed by atoms with Crippen LogP contribution in [0.5, 0.6) is 0 Å². The van der Waals surface area contributed by atoms with Crippen LogP contribution in [0.4, 0.5) is 0 Å². The fraction of sp³-hybridized carbons (Fsp3) is 0.824. The summed E-state index contributed by atoms with van der Waals surface area (Å²) in [4.78, 5) is 14.4. The standard InChI is InChI=1S/C17H27NO2/c1-5-6-13-7-9-15(10-8-13)18-11-14(12-18)16(19)20-17(2,3)4/h1,13-15H,6-12H2,2-4H3. The average molecular weight is 277 g/mol. The second-order valence-corrected chi connectivity index (χ2v) is 7.27. The Labute approximate surface area is 123 Å². The van der Waals surface area contributed by atoms with E-state index >= 15 is 0 Å². The van der Waals surface area contributed by atoms with Crippen molar-refractivity contribution in [1.29, 1.82) is 0 Å². The number of hydrogen-bond acceptors (Lipinski definition) is 3. The van der Waals surface area contributed by atoms with Gasteiger partial charge in [0, 0.05) is 25.6 Å². The van der Waals surface area contributed by atoms with Gasteiger partial charge in [-0.15, -0.1) is 12.3 Å². The van der Waals surface area contributed by atoms with Gasteiger partial charge in [0.2, 0.25) is 0 Å². The number of likely N-dealkylation sites (tertiary alicyclic amines) is 1. The Morgan fingerprint density at radius 1 is 1.25 bits per heavy atom. The number of carbonyl (C=O) groups is 1. The van der Waals surface area contributed by atoms with Crippen LogP contribution in [-0.4, -0.2) is 35.6 Å². The van der Waals surface area contributed by atoms with Gasteiger partial charge < -0.3 is 4.74 Å². The Hall–Kier alpha value is -1.01. The summed E-state index contributed by atoms with van der Waals surface area (Å²) in [6, 6.07) is 0.655. The SMILES string of the molecule is C#CCC1CCC(N2CC(C(=O)OC(C)(C)C)C2)CC1. The van der Waals surface area contributed by atoms with Crippen LogP contribution < -0.4 is 0 Å². The second-order valence-electron chi connectivity index (χ2n) is 7.27. The minimum Gasteiger partial charge on any atom is -0.460 e. The largest absolute Gasteiger partial charge is 0.460 e. The molecule has 2 fully saturated rings. The fourth-order valence-electron chi connectivity index (χ4n) is 3.23. The quantitative estimate of drug-likeness (QED) is 0.587. The van der Waals surface area contributed by atoms with Crippen molar-refractivity contribution < 1.29 is 9.53 Å². The van der Waals surface area contributed by atoms with Crippen LogP contribution in [0.1, 0.15) is 52.9 Å². The number of hydrogen-bond donors (Lipinski definition) is 0. The first-order valence-corrected chi connectivity index (χ1v) is 7.79. The summed E-state index contributed by atoms with van der Waals surface area (Å²) in [6.45, 7) is 7.52. The minimum absolute atomic E-state index is 0.0326. The van der Waals surface area contributed by atoms with Crippen LogP contribution in [0, 0.1) is 24.2 Å². The van der Waals surface area contributed by atoms with E-state index in [0.29, 0.717) is 6.04 Å². The van der Waals surface area contributed by atoms with E-state index < -0.39 is 0 Å². The van der Waals surface area contributed by atoms with E-state index in [1.165, 1.54) is 25.7 Å². The third kappa shape index (κ3) is 3.99. The lowest BCUT2D eigenvalue weighted by atomic mass is 9.82. The van der Waals surface area contributed by atoms with E-state index in [1.807, 2.05) is 20.8 Å². The van der Waals surface area contributed by atoms with Gasteiger partial charge >= 0.3 is 5.97 Å². The molecule has 1 aliphatic carbocycles. The Bertz CT molecular complexity index is 377. The third-order valence-corrected chi connectivity index (χ3v) is 4.39. The topological polar surface area (TPSA) is 29.5 Å². The number of terminal acetylenes is 1. The van der Waals surface area contributed by atoms with Gasteiger partial charge in [-0.1, -0.05) is 0 Å². The van der Waals surface area contributed by atoms with Gasteiger partial charge in [0.25, 0.3) is 0 Å². The van der Waals surface area contributed by atoms with Crippen LogP contribution in [-0.2, 0) is 9.53 Å². The van der Waals surface area contributed by atoms with Crippen molar-refractivity contribution in [2.24, 2.45) is 11.8 Å². The van der Waals surface area contributed by atoms with E-state index in [1.54, 1.807) is 0 Å². The Balaban J connectivity index is 1.70. The molecule has 0 amide bonds. The number of rotatable bonds is 3. The number of nitrogens with zero attached hydrogens (tertiary/aromatic N) is 1.